The molecule has 8 nitrogen and oxygen atoms in total. The second-order valence-electron chi connectivity index (χ2n) is 7.80. The summed E-state index contributed by atoms with van der Waals surface area (Å²) >= 11 is 0. The maximum Gasteiger partial charge on any atom is 0.271 e. The molecule has 1 aliphatic carbocycles. The lowest BCUT2D eigenvalue weighted by Crippen LogP contribution is -2.22. The van der Waals surface area contributed by atoms with Crippen molar-refractivity contribution in [3.8, 4) is 5.75 Å². The van der Waals surface area contributed by atoms with E-state index in [1.165, 1.54) is 31.4 Å². The molecule has 0 spiro atoms. The van der Waals surface area contributed by atoms with Crippen LogP contribution >= 0.6 is 0 Å². The molecule has 0 heterocycles. The van der Waals surface area contributed by atoms with E-state index in [0.717, 1.165) is 10.8 Å². The monoisotopic (exact) mass is 485 g/mol. The van der Waals surface area contributed by atoms with E-state index >= 15 is 0 Å². The van der Waals surface area contributed by atoms with Gasteiger partial charge in [0.15, 0.2) is 0 Å². The number of ether oxygens (including phenoxy) is 1. The van der Waals surface area contributed by atoms with Gasteiger partial charge in [0.1, 0.15) is 11.5 Å². The molecule has 35 heavy (non-hydrogen) atoms. The Morgan fingerprint density at radius 3 is 2.29 bits per heavy atom. The SMILES string of the molecule is COc1ccc(NS(=O)(=O)c2cccc(C(=O)NN=C3C(=O)c4cccc5cccc3c45)c2)cc1. The van der Waals surface area contributed by atoms with Gasteiger partial charge in [0.2, 0.25) is 5.78 Å². The molecule has 1 aliphatic rings. The van der Waals surface area contributed by atoms with E-state index in [9.17, 15) is 18.0 Å². The lowest BCUT2D eigenvalue weighted by molar-refractivity contribution is 0.0954. The quantitative estimate of drug-likeness (QED) is 0.401. The lowest BCUT2D eigenvalue weighted by Gasteiger charge is -2.10. The minimum absolute atomic E-state index is 0.0770. The first kappa shape index (κ1) is 22.3. The van der Waals surface area contributed by atoms with Gasteiger partial charge in [-0.05, 0) is 47.9 Å². The number of nitrogens with one attached hydrogen (secondary N) is 2. The van der Waals surface area contributed by atoms with Gasteiger partial charge >= 0.3 is 0 Å². The molecule has 174 valence electrons. The van der Waals surface area contributed by atoms with Gasteiger partial charge in [-0.2, -0.15) is 5.10 Å². The molecule has 0 bridgehead atoms. The number of Topliss-reactive ketones (excluding diaryl/α,β-unsaturated/α-hetero) is 1. The molecule has 4 aromatic rings. The molecule has 9 heteroatoms. The topological polar surface area (TPSA) is 114 Å². The van der Waals surface area contributed by atoms with E-state index in [-0.39, 0.29) is 22.0 Å². The average Bonchev–Trinajstić information content (AvgIpc) is 3.15. The molecule has 5 rings (SSSR count). The summed E-state index contributed by atoms with van der Waals surface area (Å²) < 4.78 is 33.2. The van der Waals surface area contributed by atoms with Crippen molar-refractivity contribution in [1.82, 2.24) is 5.43 Å². The number of amides is 1. The van der Waals surface area contributed by atoms with Crippen LogP contribution in [-0.2, 0) is 10.0 Å². The minimum Gasteiger partial charge on any atom is -0.497 e. The summed E-state index contributed by atoms with van der Waals surface area (Å²) in [6, 6.07) is 22.9. The Hall–Kier alpha value is -4.50. The Morgan fingerprint density at radius 2 is 1.57 bits per heavy atom. The highest BCUT2D eigenvalue weighted by atomic mass is 32.2. The largest absolute Gasteiger partial charge is 0.497 e. The van der Waals surface area contributed by atoms with Gasteiger partial charge < -0.3 is 4.74 Å². The molecule has 0 radical (unpaired) electrons. The summed E-state index contributed by atoms with van der Waals surface area (Å²) in [4.78, 5) is 25.5. The summed E-state index contributed by atoms with van der Waals surface area (Å²) in [5, 5.41) is 5.79. The number of anilines is 1. The predicted octanol–water partition coefficient (Wildman–Crippen LogP) is 3.98. The van der Waals surface area contributed by atoms with Crippen molar-refractivity contribution in [3.05, 3.63) is 102 Å². The third-order valence-electron chi connectivity index (χ3n) is 5.64. The van der Waals surface area contributed by atoms with E-state index in [2.05, 4.69) is 15.2 Å². The van der Waals surface area contributed by atoms with Crippen LogP contribution in [0.3, 0.4) is 0 Å². The van der Waals surface area contributed by atoms with Crippen molar-refractivity contribution in [2.45, 2.75) is 4.90 Å². The number of hydrazone groups is 1. The lowest BCUT2D eigenvalue weighted by atomic mass is 10.1. The van der Waals surface area contributed by atoms with E-state index in [0.29, 0.717) is 22.6 Å². The summed E-state index contributed by atoms with van der Waals surface area (Å²) in [6.45, 7) is 0. The zero-order valence-corrected chi connectivity index (χ0v) is 19.3. The molecule has 0 unspecified atom stereocenters. The molecule has 0 saturated carbocycles. The van der Waals surface area contributed by atoms with Crippen molar-refractivity contribution >= 4 is 43.9 Å². The van der Waals surface area contributed by atoms with Crippen LogP contribution in [0.4, 0.5) is 5.69 Å². The number of benzene rings is 4. The molecule has 2 N–H and O–H groups in total. The van der Waals surface area contributed by atoms with E-state index < -0.39 is 15.9 Å². The number of hydrogen-bond acceptors (Lipinski definition) is 6. The van der Waals surface area contributed by atoms with Crippen LogP contribution in [0, 0.1) is 0 Å². The number of carbonyl (C=O) groups is 2. The Balaban J connectivity index is 1.37. The van der Waals surface area contributed by atoms with Gasteiger partial charge in [-0.1, -0.05) is 42.5 Å². The van der Waals surface area contributed by atoms with Gasteiger partial charge in [0.05, 0.1) is 12.0 Å². The summed E-state index contributed by atoms with van der Waals surface area (Å²) in [5.74, 6) is -0.333. The second-order valence-corrected chi connectivity index (χ2v) is 9.48. The Kier molecular flexibility index (Phi) is 5.54. The fourth-order valence-corrected chi connectivity index (χ4v) is 5.04. The third kappa shape index (κ3) is 4.13. The van der Waals surface area contributed by atoms with Crippen LogP contribution < -0.4 is 14.9 Å². The number of sulfonamides is 1. The summed E-state index contributed by atoms with van der Waals surface area (Å²) in [6.07, 6.45) is 0. The predicted molar refractivity (Wildman–Crippen MR) is 133 cm³/mol. The minimum atomic E-state index is -3.95. The normalized spacial score (nSPS) is 13.7. The highest BCUT2D eigenvalue weighted by Crippen LogP contribution is 2.30. The smallest absolute Gasteiger partial charge is 0.271 e. The first-order chi connectivity index (χ1) is 16.9. The van der Waals surface area contributed by atoms with Crippen molar-refractivity contribution < 1.29 is 22.7 Å². The average molecular weight is 486 g/mol. The number of rotatable bonds is 6. The fraction of sp³-hybridized carbons (Fsp3) is 0.0385. The first-order valence-corrected chi connectivity index (χ1v) is 12.1. The highest BCUT2D eigenvalue weighted by molar-refractivity contribution is 7.92. The van der Waals surface area contributed by atoms with Gasteiger partial charge in [0.25, 0.3) is 15.9 Å². The number of methoxy groups -OCH3 is 1. The molecule has 0 fully saturated rings. The summed E-state index contributed by atoms with van der Waals surface area (Å²) in [5.41, 5.74) is 4.12. The van der Waals surface area contributed by atoms with Gasteiger partial charge in [0, 0.05) is 27.8 Å². The Morgan fingerprint density at radius 1 is 0.886 bits per heavy atom. The maximum absolute atomic E-state index is 12.8. The van der Waals surface area contributed by atoms with Crippen molar-refractivity contribution in [2.75, 3.05) is 11.8 Å². The van der Waals surface area contributed by atoms with Crippen LogP contribution in [-0.4, -0.2) is 32.9 Å². The van der Waals surface area contributed by atoms with Crippen molar-refractivity contribution in [2.24, 2.45) is 5.10 Å². The van der Waals surface area contributed by atoms with Crippen LogP contribution in [0.25, 0.3) is 10.8 Å². The third-order valence-corrected chi connectivity index (χ3v) is 7.02. The second kappa shape index (κ2) is 8.69. The fourth-order valence-electron chi connectivity index (χ4n) is 3.94. The molecule has 0 saturated heterocycles. The van der Waals surface area contributed by atoms with Gasteiger partial charge in [-0.25, -0.2) is 13.8 Å². The van der Waals surface area contributed by atoms with E-state index in [1.807, 2.05) is 18.2 Å². The Bertz CT molecular complexity index is 1620. The molecule has 0 aromatic heterocycles. The summed E-state index contributed by atoms with van der Waals surface area (Å²) in [7, 11) is -2.44. The number of carbonyl (C=O) groups excluding carboxylic acids is 2. The molecular weight excluding hydrogens is 466 g/mol. The van der Waals surface area contributed by atoms with Crippen LogP contribution in [0.1, 0.15) is 26.3 Å². The molecule has 0 atom stereocenters. The maximum atomic E-state index is 12.8. The first-order valence-electron chi connectivity index (χ1n) is 10.6. The highest BCUT2D eigenvalue weighted by Gasteiger charge is 2.29. The van der Waals surface area contributed by atoms with Crippen LogP contribution in [0.5, 0.6) is 5.75 Å². The van der Waals surface area contributed by atoms with Crippen LogP contribution in [0.2, 0.25) is 0 Å². The van der Waals surface area contributed by atoms with Gasteiger partial charge in [-0.15, -0.1) is 0 Å². The van der Waals surface area contributed by atoms with Gasteiger partial charge in [-0.3, -0.25) is 14.3 Å². The van der Waals surface area contributed by atoms with E-state index in [1.54, 1.807) is 42.5 Å². The number of nitrogens with zero attached hydrogens (tertiary/aromatic N) is 1. The number of ketones is 1. The molecule has 1 amide bonds. The van der Waals surface area contributed by atoms with Crippen molar-refractivity contribution in [1.29, 1.82) is 0 Å². The number of hydrogen-bond donors (Lipinski definition) is 2. The molecule has 4 aromatic carbocycles. The van der Waals surface area contributed by atoms with Crippen LogP contribution in [0.15, 0.2) is 94.9 Å². The van der Waals surface area contributed by atoms with Crippen molar-refractivity contribution in [3.63, 3.8) is 0 Å². The standard InChI is InChI=1S/C26H19N3O5S/c1-34-19-13-11-18(12-14-19)29-35(32,33)20-8-2-7-17(15-20)26(31)28-27-24-21-9-3-5-16-6-4-10-22(23(16)21)25(24)30/h2-15,29H,1H3,(H,28,31). The zero-order chi connectivity index (χ0) is 24.6. The molecule has 0 aliphatic heterocycles. The Labute approximate surface area is 201 Å². The van der Waals surface area contributed by atoms with E-state index in [4.69, 9.17) is 4.74 Å². The molecular formula is C26H19N3O5S. The zero-order valence-electron chi connectivity index (χ0n) is 18.5.